The van der Waals surface area contributed by atoms with Gasteiger partial charge < -0.3 is 19.7 Å². The fourth-order valence-corrected chi connectivity index (χ4v) is 3.06. The number of hydrogen-bond acceptors (Lipinski definition) is 5. The molecule has 1 atom stereocenters. The van der Waals surface area contributed by atoms with E-state index in [2.05, 4.69) is 10.3 Å². The zero-order chi connectivity index (χ0) is 19.4. The highest BCUT2D eigenvalue weighted by Crippen LogP contribution is 2.35. The highest BCUT2D eigenvalue weighted by atomic mass is 16.5. The lowest BCUT2D eigenvalue weighted by Crippen LogP contribution is -2.16. The van der Waals surface area contributed by atoms with Gasteiger partial charge in [0.1, 0.15) is 17.6 Å². The van der Waals surface area contributed by atoms with Crippen molar-refractivity contribution in [2.45, 2.75) is 26.4 Å². The second kappa shape index (κ2) is 8.12. The number of benzene rings is 1. The average Bonchev–Trinajstić information content (AvgIpc) is 2.99. The minimum Gasteiger partial charge on any atom is -0.493 e. The normalized spacial score (nSPS) is 15.3. The van der Waals surface area contributed by atoms with Crippen LogP contribution < -0.4 is 19.7 Å². The number of fused-ring (bicyclic) bond motifs is 1. The summed E-state index contributed by atoms with van der Waals surface area (Å²) in [5.41, 5.74) is 2.62. The number of hydrogen-bond donors (Lipinski definition) is 1. The molecule has 0 spiro atoms. The molecule has 142 valence electrons. The van der Waals surface area contributed by atoms with Crippen LogP contribution in [-0.4, -0.2) is 37.7 Å². The maximum atomic E-state index is 12.4. The second-order valence-electron chi connectivity index (χ2n) is 6.65. The Labute approximate surface area is 159 Å². The van der Waals surface area contributed by atoms with E-state index in [1.165, 1.54) is 6.08 Å². The molecule has 6 nitrogen and oxygen atoms in total. The van der Waals surface area contributed by atoms with E-state index in [0.717, 1.165) is 29.0 Å². The van der Waals surface area contributed by atoms with Gasteiger partial charge in [0.05, 0.1) is 12.3 Å². The van der Waals surface area contributed by atoms with Crippen LogP contribution in [0.5, 0.6) is 11.5 Å². The van der Waals surface area contributed by atoms with Crippen LogP contribution in [-0.2, 0) is 11.2 Å². The van der Waals surface area contributed by atoms with Gasteiger partial charge in [0.15, 0.2) is 5.82 Å². The molecule has 27 heavy (non-hydrogen) atoms. The van der Waals surface area contributed by atoms with Gasteiger partial charge >= 0.3 is 0 Å². The van der Waals surface area contributed by atoms with Gasteiger partial charge in [0.25, 0.3) is 0 Å². The summed E-state index contributed by atoms with van der Waals surface area (Å²) < 4.78 is 11.6. The topological polar surface area (TPSA) is 63.7 Å². The largest absolute Gasteiger partial charge is 0.493 e. The van der Waals surface area contributed by atoms with Gasteiger partial charge in [0, 0.05) is 43.9 Å². The Kier molecular flexibility index (Phi) is 5.64. The smallest absolute Gasteiger partial charge is 0.248 e. The maximum absolute atomic E-state index is 12.4. The Morgan fingerprint density at radius 2 is 2.26 bits per heavy atom. The fourth-order valence-electron chi connectivity index (χ4n) is 3.06. The average molecular weight is 367 g/mol. The first-order chi connectivity index (χ1) is 13.0. The molecule has 0 saturated heterocycles. The maximum Gasteiger partial charge on any atom is 0.248 e. The highest BCUT2D eigenvalue weighted by Gasteiger charge is 2.21. The van der Waals surface area contributed by atoms with Crippen molar-refractivity contribution in [1.82, 2.24) is 4.98 Å². The number of pyridine rings is 1. The Bertz CT molecular complexity index is 862. The van der Waals surface area contributed by atoms with Crippen molar-refractivity contribution in [1.29, 1.82) is 0 Å². The summed E-state index contributed by atoms with van der Waals surface area (Å²) >= 11 is 0. The van der Waals surface area contributed by atoms with Crippen molar-refractivity contribution in [2.24, 2.45) is 0 Å². The van der Waals surface area contributed by atoms with Crippen LogP contribution in [0.15, 0.2) is 36.5 Å². The van der Waals surface area contributed by atoms with Crippen molar-refractivity contribution < 1.29 is 14.3 Å². The lowest BCUT2D eigenvalue weighted by atomic mass is 10.1. The Balaban J connectivity index is 1.79. The van der Waals surface area contributed by atoms with E-state index < -0.39 is 0 Å². The summed E-state index contributed by atoms with van der Waals surface area (Å²) in [6.45, 7) is 4.54. The molecule has 1 aliphatic rings. The molecule has 0 fully saturated rings. The number of nitrogens with one attached hydrogen (secondary N) is 1. The molecule has 0 bridgehead atoms. The van der Waals surface area contributed by atoms with Gasteiger partial charge in [-0.05, 0) is 44.2 Å². The molecule has 1 aromatic heterocycles. The van der Waals surface area contributed by atoms with Crippen LogP contribution in [0.2, 0.25) is 0 Å². The van der Waals surface area contributed by atoms with Crippen LogP contribution in [0, 0.1) is 0 Å². The molecule has 2 aromatic rings. The molecule has 1 aliphatic heterocycles. The predicted octanol–water partition coefficient (Wildman–Crippen LogP) is 3.52. The number of aromatic nitrogens is 1. The molecule has 1 amide bonds. The summed E-state index contributed by atoms with van der Waals surface area (Å²) in [5, 5.41) is 2.87. The number of carbonyl (C=O) groups is 1. The summed E-state index contributed by atoms with van der Waals surface area (Å²) in [5.74, 6) is 2.08. The highest BCUT2D eigenvalue weighted by molar-refractivity contribution is 6.03. The summed E-state index contributed by atoms with van der Waals surface area (Å²) in [4.78, 5) is 18.5. The lowest BCUT2D eigenvalue weighted by Gasteiger charge is -2.15. The van der Waals surface area contributed by atoms with Gasteiger partial charge in [-0.1, -0.05) is 0 Å². The van der Waals surface area contributed by atoms with Crippen LogP contribution >= 0.6 is 0 Å². The lowest BCUT2D eigenvalue weighted by molar-refractivity contribution is -0.111. The minimum atomic E-state index is -0.233. The van der Waals surface area contributed by atoms with E-state index >= 15 is 0 Å². The molecular formula is C21H25N3O3. The standard InChI is InChI=1S/C21H25N3O3/c1-5-26-18-13-16-11-14(2)27-19(16)12-15(18)8-9-20(25)23-17-7-6-10-22-21(17)24(3)4/h6-10,12-14H,5,11H2,1-4H3,(H,23,25)/b9-8+. The van der Waals surface area contributed by atoms with E-state index in [-0.39, 0.29) is 12.0 Å². The van der Waals surface area contributed by atoms with E-state index in [1.807, 2.05) is 51.0 Å². The SMILES string of the molecule is CCOc1cc2c(cc1/C=C/C(=O)Nc1cccnc1N(C)C)OC(C)C2. The van der Waals surface area contributed by atoms with Crippen LogP contribution in [0.1, 0.15) is 25.0 Å². The van der Waals surface area contributed by atoms with Crippen molar-refractivity contribution in [2.75, 3.05) is 30.9 Å². The third-order valence-corrected chi connectivity index (χ3v) is 4.21. The molecule has 0 radical (unpaired) electrons. The quantitative estimate of drug-likeness (QED) is 0.792. The number of anilines is 2. The first kappa shape index (κ1) is 18.8. The Morgan fingerprint density at radius 3 is 3.00 bits per heavy atom. The van der Waals surface area contributed by atoms with Gasteiger partial charge in [-0.15, -0.1) is 0 Å². The van der Waals surface area contributed by atoms with E-state index in [9.17, 15) is 4.79 Å². The van der Waals surface area contributed by atoms with Crippen molar-refractivity contribution in [3.8, 4) is 11.5 Å². The molecule has 0 aliphatic carbocycles. The van der Waals surface area contributed by atoms with Gasteiger partial charge in [-0.2, -0.15) is 0 Å². The van der Waals surface area contributed by atoms with Crippen molar-refractivity contribution in [3.05, 3.63) is 47.7 Å². The molecule has 1 aromatic carbocycles. The molecule has 1 N–H and O–H groups in total. The third kappa shape index (κ3) is 4.39. The number of carbonyl (C=O) groups excluding carboxylic acids is 1. The number of rotatable bonds is 6. The first-order valence-electron chi connectivity index (χ1n) is 9.05. The summed E-state index contributed by atoms with van der Waals surface area (Å²) in [6.07, 6.45) is 5.97. The van der Waals surface area contributed by atoms with Gasteiger partial charge in [-0.25, -0.2) is 4.98 Å². The van der Waals surface area contributed by atoms with E-state index in [4.69, 9.17) is 9.47 Å². The number of amides is 1. The molecule has 2 heterocycles. The molecule has 1 unspecified atom stereocenters. The monoisotopic (exact) mass is 367 g/mol. The second-order valence-corrected chi connectivity index (χ2v) is 6.65. The zero-order valence-corrected chi connectivity index (χ0v) is 16.2. The van der Waals surface area contributed by atoms with Crippen LogP contribution in [0.4, 0.5) is 11.5 Å². The molecular weight excluding hydrogens is 342 g/mol. The van der Waals surface area contributed by atoms with Crippen LogP contribution in [0.3, 0.4) is 0 Å². The third-order valence-electron chi connectivity index (χ3n) is 4.21. The van der Waals surface area contributed by atoms with Gasteiger partial charge in [0.2, 0.25) is 5.91 Å². The Morgan fingerprint density at radius 1 is 1.44 bits per heavy atom. The van der Waals surface area contributed by atoms with Gasteiger partial charge in [-0.3, -0.25) is 4.79 Å². The van der Waals surface area contributed by atoms with Crippen molar-refractivity contribution >= 4 is 23.5 Å². The van der Waals surface area contributed by atoms with Crippen molar-refractivity contribution in [3.63, 3.8) is 0 Å². The molecule has 6 heteroatoms. The van der Waals surface area contributed by atoms with E-state index in [0.29, 0.717) is 18.1 Å². The number of ether oxygens (including phenoxy) is 2. The molecule has 3 rings (SSSR count). The van der Waals surface area contributed by atoms with Crippen LogP contribution in [0.25, 0.3) is 6.08 Å². The molecule has 0 saturated carbocycles. The number of nitrogens with zero attached hydrogens (tertiary/aromatic N) is 2. The Hall–Kier alpha value is -3.02. The summed E-state index contributed by atoms with van der Waals surface area (Å²) in [7, 11) is 3.77. The fraction of sp³-hybridized carbons (Fsp3) is 0.333. The van der Waals surface area contributed by atoms with E-state index in [1.54, 1.807) is 18.3 Å². The first-order valence-corrected chi connectivity index (χ1v) is 9.05. The zero-order valence-electron chi connectivity index (χ0n) is 16.2. The summed E-state index contributed by atoms with van der Waals surface area (Å²) in [6, 6.07) is 7.55. The minimum absolute atomic E-state index is 0.159. The predicted molar refractivity (Wildman–Crippen MR) is 108 cm³/mol.